The number of benzene rings is 1. The number of ether oxygens (including phenoxy) is 1. The summed E-state index contributed by atoms with van der Waals surface area (Å²) in [6.45, 7) is 9.28. The lowest BCUT2D eigenvalue weighted by Crippen LogP contribution is -2.55. The molecule has 4 rings (SSSR count). The number of hydrogen-bond acceptors (Lipinski definition) is 5. The van der Waals surface area contributed by atoms with Crippen molar-refractivity contribution in [2.45, 2.75) is 44.1 Å². The van der Waals surface area contributed by atoms with E-state index in [9.17, 15) is 14.4 Å². The maximum Gasteiger partial charge on any atom is 0.332 e. The number of rotatable bonds is 6. The molecule has 3 saturated heterocycles. The van der Waals surface area contributed by atoms with Crippen LogP contribution in [0.3, 0.4) is 0 Å². The van der Waals surface area contributed by atoms with Crippen LogP contribution >= 0.6 is 0 Å². The molecule has 0 aromatic heterocycles. The fourth-order valence-corrected chi connectivity index (χ4v) is 4.75. The average Bonchev–Trinajstić information content (AvgIpc) is 3.27. The van der Waals surface area contributed by atoms with Crippen molar-refractivity contribution in [2.75, 3.05) is 44.3 Å². The first-order valence-corrected chi connectivity index (χ1v) is 10.6. The van der Waals surface area contributed by atoms with Crippen LogP contribution in [0.1, 0.15) is 38.7 Å². The fourth-order valence-electron chi connectivity index (χ4n) is 4.75. The molecule has 30 heavy (non-hydrogen) atoms. The molecule has 0 bridgehead atoms. The van der Waals surface area contributed by atoms with Crippen molar-refractivity contribution in [3.63, 3.8) is 0 Å². The first-order valence-electron chi connectivity index (χ1n) is 10.6. The van der Waals surface area contributed by atoms with Gasteiger partial charge in [-0.2, -0.15) is 0 Å². The molecule has 162 valence electrons. The zero-order valence-electron chi connectivity index (χ0n) is 17.7. The van der Waals surface area contributed by atoms with Crippen LogP contribution in [0, 0.1) is 0 Å². The third-order valence-electron chi connectivity index (χ3n) is 6.83. The van der Waals surface area contributed by atoms with Crippen LogP contribution in [0.5, 0.6) is 0 Å². The number of primary amides is 1. The molecule has 8 nitrogen and oxygen atoms in total. The zero-order valence-corrected chi connectivity index (χ0v) is 17.7. The van der Waals surface area contributed by atoms with Gasteiger partial charge in [0.15, 0.2) is 0 Å². The van der Waals surface area contributed by atoms with Crippen LogP contribution in [0.2, 0.25) is 0 Å². The van der Waals surface area contributed by atoms with Gasteiger partial charge in [-0.3, -0.25) is 14.5 Å². The highest BCUT2D eigenvalue weighted by molar-refractivity contribution is 6.31. The highest BCUT2D eigenvalue weighted by atomic mass is 16.5. The fraction of sp³-hybridized carbons (Fsp3) is 0.591. The van der Waals surface area contributed by atoms with Crippen molar-refractivity contribution in [3.05, 3.63) is 29.8 Å². The standard InChI is InChI=1S/C22H30N4O4/c1-21(2,9-11-24-12-14-30-15-13-24)16-4-6-17(7-5-16)26-19(28)22(18(23)27)8-3-10-25(22)20(26)29/h4-7H,3,8-15H2,1-2H3,(H2,23,27)/t22-/m0/s1. The second kappa shape index (κ2) is 7.67. The van der Waals surface area contributed by atoms with Crippen molar-refractivity contribution in [1.29, 1.82) is 0 Å². The minimum absolute atomic E-state index is 0.0513. The molecule has 1 atom stereocenters. The Kier molecular flexibility index (Phi) is 5.32. The van der Waals surface area contributed by atoms with Crippen LogP contribution in [0.25, 0.3) is 0 Å². The Morgan fingerprint density at radius 1 is 1.13 bits per heavy atom. The van der Waals surface area contributed by atoms with Gasteiger partial charge in [0.05, 0.1) is 18.9 Å². The number of carbonyl (C=O) groups is 3. The van der Waals surface area contributed by atoms with Crippen LogP contribution in [0.4, 0.5) is 10.5 Å². The largest absolute Gasteiger partial charge is 0.379 e. The van der Waals surface area contributed by atoms with Crippen molar-refractivity contribution < 1.29 is 19.1 Å². The van der Waals surface area contributed by atoms with E-state index in [0.717, 1.165) is 49.7 Å². The first-order chi connectivity index (χ1) is 14.3. The smallest absolute Gasteiger partial charge is 0.332 e. The number of morpholine rings is 1. The van der Waals surface area contributed by atoms with E-state index in [0.29, 0.717) is 18.7 Å². The summed E-state index contributed by atoms with van der Waals surface area (Å²) in [6.07, 6.45) is 1.88. The Hall–Kier alpha value is -2.45. The number of imide groups is 1. The number of amides is 4. The molecule has 4 amide bonds. The molecule has 0 radical (unpaired) electrons. The minimum Gasteiger partial charge on any atom is -0.379 e. The molecule has 0 aliphatic carbocycles. The van der Waals surface area contributed by atoms with E-state index >= 15 is 0 Å². The van der Waals surface area contributed by atoms with Gasteiger partial charge < -0.3 is 15.4 Å². The van der Waals surface area contributed by atoms with Crippen LogP contribution in [-0.4, -0.2) is 72.6 Å². The Balaban J connectivity index is 1.50. The number of nitrogens with two attached hydrogens (primary N) is 1. The number of urea groups is 1. The molecule has 0 saturated carbocycles. The molecule has 3 heterocycles. The average molecular weight is 415 g/mol. The SMILES string of the molecule is CC(C)(CCN1CCOCC1)c1ccc(N2C(=O)N3CCC[C@]3(C(N)=O)C2=O)cc1. The first kappa shape index (κ1) is 20.8. The Labute approximate surface area is 176 Å². The molecule has 8 heteroatoms. The van der Waals surface area contributed by atoms with Gasteiger partial charge >= 0.3 is 6.03 Å². The van der Waals surface area contributed by atoms with Gasteiger partial charge in [0, 0.05) is 19.6 Å². The monoisotopic (exact) mass is 414 g/mol. The van der Waals surface area contributed by atoms with Crippen molar-refractivity contribution >= 4 is 23.5 Å². The van der Waals surface area contributed by atoms with E-state index in [4.69, 9.17) is 10.5 Å². The van der Waals surface area contributed by atoms with E-state index in [1.165, 1.54) is 4.90 Å². The highest BCUT2D eigenvalue weighted by Gasteiger charge is 2.63. The van der Waals surface area contributed by atoms with Crippen molar-refractivity contribution in [2.24, 2.45) is 5.73 Å². The highest BCUT2D eigenvalue weighted by Crippen LogP contribution is 2.40. The molecule has 3 aliphatic heterocycles. The van der Waals surface area contributed by atoms with Gasteiger partial charge in [0.25, 0.3) is 11.8 Å². The molecular formula is C22H30N4O4. The van der Waals surface area contributed by atoms with Crippen LogP contribution in [0.15, 0.2) is 24.3 Å². The van der Waals surface area contributed by atoms with Gasteiger partial charge in [-0.25, -0.2) is 9.69 Å². The van der Waals surface area contributed by atoms with Crippen molar-refractivity contribution in [3.8, 4) is 0 Å². The Bertz CT molecular complexity index is 847. The lowest BCUT2D eigenvalue weighted by molar-refractivity contribution is -0.136. The maximum atomic E-state index is 13.1. The van der Waals surface area contributed by atoms with Gasteiger partial charge in [-0.05, 0) is 48.9 Å². The third-order valence-corrected chi connectivity index (χ3v) is 6.83. The van der Waals surface area contributed by atoms with Crippen LogP contribution < -0.4 is 10.6 Å². The van der Waals surface area contributed by atoms with E-state index in [1.807, 2.05) is 12.1 Å². The zero-order chi connectivity index (χ0) is 21.5. The van der Waals surface area contributed by atoms with E-state index in [1.54, 1.807) is 12.1 Å². The predicted molar refractivity (Wildman–Crippen MR) is 112 cm³/mol. The second-order valence-corrected chi connectivity index (χ2v) is 9.04. The quantitative estimate of drug-likeness (QED) is 0.562. The summed E-state index contributed by atoms with van der Waals surface area (Å²) in [5.74, 6) is -1.28. The van der Waals surface area contributed by atoms with E-state index in [-0.39, 0.29) is 11.8 Å². The molecule has 3 aliphatic rings. The molecular weight excluding hydrogens is 384 g/mol. The normalized spacial score (nSPS) is 25.1. The topological polar surface area (TPSA) is 96.2 Å². The summed E-state index contributed by atoms with van der Waals surface area (Å²) in [6, 6.07) is 7.05. The lowest BCUT2D eigenvalue weighted by atomic mass is 9.81. The summed E-state index contributed by atoms with van der Waals surface area (Å²) in [5.41, 5.74) is 5.60. The lowest BCUT2D eigenvalue weighted by Gasteiger charge is -2.32. The molecule has 1 aromatic carbocycles. The van der Waals surface area contributed by atoms with Gasteiger partial charge in [-0.1, -0.05) is 26.0 Å². The third kappa shape index (κ3) is 3.28. The van der Waals surface area contributed by atoms with Gasteiger partial charge in [-0.15, -0.1) is 0 Å². The van der Waals surface area contributed by atoms with Crippen LogP contribution in [-0.2, 0) is 19.7 Å². The Morgan fingerprint density at radius 3 is 2.40 bits per heavy atom. The summed E-state index contributed by atoms with van der Waals surface area (Å²) in [7, 11) is 0. The van der Waals surface area contributed by atoms with Crippen molar-refractivity contribution in [1.82, 2.24) is 9.80 Å². The molecule has 1 aromatic rings. The number of carbonyl (C=O) groups excluding carboxylic acids is 3. The van der Waals surface area contributed by atoms with Gasteiger partial charge in [0.1, 0.15) is 0 Å². The Morgan fingerprint density at radius 2 is 1.80 bits per heavy atom. The second-order valence-electron chi connectivity index (χ2n) is 9.04. The molecule has 0 spiro atoms. The number of anilines is 1. The number of nitrogens with zero attached hydrogens (tertiary/aromatic N) is 3. The number of hydrogen-bond donors (Lipinski definition) is 1. The minimum atomic E-state index is -1.52. The molecule has 2 N–H and O–H groups in total. The van der Waals surface area contributed by atoms with E-state index in [2.05, 4.69) is 18.7 Å². The number of fused-ring (bicyclic) bond motifs is 1. The predicted octanol–water partition coefficient (Wildman–Crippen LogP) is 1.47. The summed E-state index contributed by atoms with van der Waals surface area (Å²) < 4.78 is 5.41. The van der Waals surface area contributed by atoms with E-state index < -0.39 is 23.4 Å². The molecule has 0 unspecified atom stereocenters. The molecule has 3 fully saturated rings. The maximum absolute atomic E-state index is 13.1. The van der Waals surface area contributed by atoms with Gasteiger partial charge in [0.2, 0.25) is 5.54 Å². The summed E-state index contributed by atoms with van der Waals surface area (Å²) >= 11 is 0. The summed E-state index contributed by atoms with van der Waals surface area (Å²) in [4.78, 5) is 42.9. The summed E-state index contributed by atoms with van der Waals surface area (Å²) in [5, 5.41) is 0.